The van der Waals surface area contributed by atoms with Crippen molar-refractivity contribution in [3.63, 3.8) is 0 Å². The smallest absolute Gasteiger partial charge is 0.159 e. The maximum absolute atomic E-state index is 9.53. The molecule has 0 radical (unpaired) electrons. The van der Waals surface area contributed by atoms with E-state index in [0.717, 1.165) is 10.9 Å². The van der Waals surface area contributed by atoms with Crippen molar-refractivity contribution < 1.29 is 10.2 Å². The highest BCUT2D eigenvalue weighted by Crippen LogP contribution is 2.29. The van der Waals surface area contributed by atoms with E-state index in [4.69, 9.17) is 0 Å². The van der Waals surface area contributed by atoms with Gasteiger partial charge in [0.1, 0.15) is 0 Å². The van der Waals surface area contributed by atoms with E-state index in [1.54, 1.807) is 11.0 Å². The van der Waals surface area contributed by atoms with Crippen LogP contribution < -0.4 is 5.43 Å². The van der Waals surface area contributed by atoms with Gasteiger partial charge in [-0.15, -0.1) is 0 Å². The van der Waals surface area contributed by atoms with Gasteiger partial charge in [-0.1, -0.05) is 30.3 Å². The van der Waals surface area contributed by atoms with Gasteiger partial charge >= 0.3 is 0 Å². The predicted octanol–water partition coefficient (Wildman–Crippen LogP) is 2.19. The number of hydrogen-bond donors (Lipinski definition) is 3. The van der Waals surface area contributed by atoms with Gasteiger partial charge in [-0.25, -0.2) is 0 Å². The van der Waals surface area contributed by atoms with Gasteiger partial charge in [0.25, 0.3) is 0 Å². The zero-order chi connectivity index (χ0) is 13.2. The number of nitrogens with zero attached hydrogens (tertiary/aromatic N) is 2. The molecule has 5 heteroatoms. The minimum absolute atomic E-state index is 0.143. The second kappa shape index (κ2) is 4.53. The molecule has 0 bridgehead atoms. The van der Waals surface area contributed by atoms with Crippen LogP contribution in [0, 0.1) is 0 Å². The van der Waals surface area contributed by atoms with Gasteiger partial charge in [-0.3, -0.25) is 0 Å². The number of nitrogens with one attached hydrogen (secondary N) is 1. The highest BCUT2D eigenvalue weighted by Gasteiger charge is 2.07. The normalized spacial score (nSPS) is 10.7. The van der Waals surface area contributed by atoms with Crippen LogP contribution in [0.4, 0.5) is 0 Å². The maximum atomic E-state index is 9.53. The highest BCUT2D eigenvalue weighted by molar-refractivity contribution is 5.82. The van der Waals surface area contributed by atoms with E-state index in [9.17, 15) is 10.2 Å². The van der Waals surface area contributed by atoms with Crippen LogP contribution in [0.15, 0.2) is 48.7 Å². The Bertz CT molecular complexity index is 707. The average Bonchev–Trinajstić information content (AvgIpc) is 2.80. The Morgan fingerprint density at radius 3 is 2.58 bits per heavy atom. The SMILES string of the molecule is Oc1cc2cnn(NCc3ccccc3)c2cc1O. The quantitative estimate of drug-likeness (QED) is 0.627. The molecule has 19 heavy (non-hydrogen) atoms. The molecular formula is C14H13N3O2. The number of aromatic hydroxyl groups is 2. The monoisotopic (exact) mass is 255 g/mol. The predicted molar refractivity (Wildman–Crippen MR) is 72.6 cm³/mol. The summed E-state index contributed by atoms with van der Waals surface area (Å²) in [5, 5.41) is 23.9. The summed E-state index contributed by atoms with van der Waals surface area (Å²) in [5.41, 5.74) is 4.99. The minimum Gasteiger partial charge on any atom is -0.504 e. The number of phenols is 2. The van der Waals surface area contributed by atoms with Crippen LogP contribution in [-0.2, 0) is 6.54 Å². The summed E-state index contributed by atoms with van der Waals surface area (Å²) < 4.78 is 0. The summed E-state index contributed by atoms with van der Waals surface area (Å²) in [4.78, 5) is 1.58. The van der Waals surface area contributed by atoms with E-state index in [0.29, 0.717) is 12.1 Å². The molecule has 0 fully saturated rings. The molecule has 0 aliphatic carbocycles. The van der Waals surface area contributed by atoms with Crippen molar-refractivity contribution in [1.29, 1.82) is 0 Å². The molecule has 5 nitrogen and oxygen atoms in total. The van der Waals surface area contributed by atoms with Gasteiger partial charge in [0, 0.05) is 11.5 Å². The molecule has 0 unspecified atom stereocenters. The molecule has 3 N–H and O–H groups in total. The lowest BCUT2D eigenvalue weighted by atomic mass is 10.2. The van der Waals surface area contributed by atoms with Crippen LogP contribution in [-0.4, -0.2) is 20.1 Å². The molecule has 1 heterocycles. The van der Waals surface area contributed by atoms with Crippen molar-refractivity contribution in [3.05, 3.63) is 54.2 Å². The Morgan fingerprint density at radius 1 is 1.05 bits per heavy atom. The second-order valence-electron chi connectivity index (χ2n) is 4.28. The first-order valence-electron chi connectivity index (χ1n) is 5.91. The minimum atomic E-state index is -0.157. The molecule has 0 aliphatic heterocycles. The first kappa shape index (κ1) is 11.4. The number of aromatic nitrogens is 2. The molecule has 0 spiro atoms. The van der Waals surface area contributed by atoms with Gasteiger partial charge in [-0.2, -0.15) is 9.89 Å². The first-order chi connectivity index (χ1) is 9.24. The Morgan fingerprint density at radius 2 is 1.79 bits per heavy atom. The van der Waals surface area contributed by atoms with E-state index < -0.39 is 0 Å². The number of benzene rings is 2. The van der Waals surface area contributed by atoms with Gasteiger partial charge in [0.2, 0.25) is 0 Å². The van der Waals surface area contributed by atoms with E-state index in [2.05, 4.69) is 10.5 Å². The highest BCUT2D eigenvalue weighted by atomic mass is 16.3. The molecule has 0 atom stereocenters. The van der Waals surface area contributed by atoms with E-state index >= 15 is 0 Å². The average molecular weight is 255 g/mol. The van der Waals surface area contributed by atoms with E-state index in [1.165, 1.54) is 12.1 Å². The Hall–Kier alpha value is -2.69. The van der Waals surface area contributed by atoms with Crippen LogP contribution >= 0.6 is 0 Å². The largest absolute Gasteiger partial charge is 0.504 e. The van der Waals surface area contributed by atoms with Crippen LogP contribution in [0.1, 0.15) is 5.56 Å². The summed E-state index contributed by atoms with van der Waals surface area (Å²) in [6.45, 7) is 0.624. The van der Waals surface area contributed by atoms with Crippen molar-refractivity contribution >= 4 is 10.9 Å². The van der Waals surface area contributed by atoms with Crippen molar-refractivity contribution in [1.82, 2.24) is 9.89 Å². The first-order valence-corrected chi connectivity index (χ1v) is 5.91. The van der Waals surface area contributed by atoms with Crippen molar-refractivity contribution in [3.8, 4) is 11.5 Å². The molecule has 0 amide bonds. The summed E-state index contributed by atoms with van der Waals surface area (Å²) >= 11 is 0. The fraction of sp³-hybridized carbons (Fsp3) is 0.0714. The second-order valence-corrected chi connectivity index (χ2v) is 4.28. The number of rotatable bonds is 3. The van der Waals surface area contributed by atoms with Gasteiger partial charge in [0.15, 0.2) is 11.5 Å². The van der Waals surface area contributed by atoms with Crippen LogP contribution in [0.25, 0.3) is 10.9 Å². The number of fused-ring (bicyclic) bond motifs is 1. The standard InChI is InChI=1S/C14H13N3O2/c18-13-6-11-9-16-17(12(11)7-14(13)19)15-8-10-4-2-1-3-5-10/h1-7,9,15,18-19H,8H2. The summed E-state index contributed by atoms with van der Waals surface area (Å²) in [6, 6.07) is 12.9. The van der Waals surface area contributed by atoms with Crippen LogP contribution in [0.5, 0.6) is 11.5 Å². The van der Waals surface area contributed by atoms with Crippen molar-refractivity contribution in [2.24, 2.45) is 0 Å². The zero-order valence-electron chi connectivity index (χ0n) is 10.1. The zero-order valence-corrected chi connectivity index (χ0v) is 10.1. The lowest BCUT2D eigenvalue weighted by molar-refractivity contribution is 0.404. The number of hydrogen-bond acceptors (Lipinski definition) is 4. The molecule has 3 aromatic rings. The van der Waals surface area contributed by atoms with Gasteiger partial charge < -0.3 is 15.6 Å². The lowest BCUT2D eigenvalue weighted by Gasteiger charge is -2.08. The molecule has 3 rings (SSSR count). The summed E-state index contributed by atoms with van der Waals surface area (Å²) in [5.74, 6) is -0.300. The Balaban J connectivity index is 1.87. The molecule has 2 aromatic carbocycles. The summed E-state index contributed by atoms with van der Waals surface area (Å²) in [6.07, 6.45) is 1.63. The van der Waals surface area contributed by atoms with Crippen molar-refractivity contribution in [2.75, 3.05) is 5.43 Å². The Labute approximate surface area is 109 Å². The van der Waals surface area contributed by atoms with Crippen LogP contribution in [0.2, 0.25) is 0 Å². The van der Waals surface area contributed by atoms with Crippen LogP contribution in [0.3, 0.4) is 0 Å². The molecule has 96 valence electrons. The van der Waals surface area contributed by atoms with Gasteiger partial charge in [0.05, 0.1) is 18.3 Å². The van der Waals surface area contributed by atoms with E-state index in [1.807, 2.05) is 30.3 Å². The Kier molecular flexibility index (Phi) is 2.72. The molecule has 0 saturated carbocycles. The molecule has 0 saturated heterocycles. The summed E-state index contributed by atoms with van der Waals surface area (Å²) in [7, 11) is 0. The topological polar surface area (TPSA) is 70.3 Å². The fourth-order valence-electron chi connectivity index (χ4n) is 1.94. The number of phenolic OH excluding ortho intramolecular Hbond substituents is 2. The maximum Gasteiger partial charge on any atom is 0.159 e. The fourth-order valence-corrected chi connectivity index (χ4v) is 1.94. The third kappa shape index (κ3) is 2.18. The molecular weight excluding hydrogens is 242 g/mol. The van der Waals surface area contributed by atoms with Gasteiger partial charge in [-0.05, 0) is 11.6 Å². The molecule has 0 aliphatic rings. The van der Waals surface area contributed by atoms with E-state index in [-0.39, 0.29) is 11.5 Å². The lowest BCUT2D eigenvalue weighted by Crippen LogP contribution is -2.15. The molecule has 1 aromatic heterocycles. The third-order valence-electron chi connectivity index (χ3n) is 2.94. The van der Waals surface area contributed by atoms with Crippen molar-refractivity contribution in [2.45, 2.75) is 6.54 Å². The third-order valence-corrected chi connectivity index (χ3v) is 2.94.